The predicted molar refractivity (Wildman–Crippen MR) is 98.5 cm³/mol. The Morgan fingerprint density at radius 2 is 1.77 bits per heavy atom. The summed E-state index contributed by atoms with van der Waals surface area (Å²) in [6, 6.07) is 6.81. The van der Waals surface area contributed by atoms with Crippen LogP contribution in [0.4, 0.5) is 4.79 Å². The van der Waals surface area contributed by atoms with Gasteiger partial charge in [0.25, 0.3) is 11.8 Å². The van der Waals surface area contributed by atoms with Gasteiger partial charge in [-0.1, -0.05) is 17.7 Å². The third-order valence-corrected chi connectivity index (χ3v) is 4.21. The summed E-state index contributed by atoms with van der Waals surface area (Å²) >= 11 is 0. The Kier molecular flexibility index (Phi) is 6.97. The summed E-state index contributed by atoms with van der Waals surface area (Å²) in [5.74, 6) is -0.672. The highest BCUT2D eigenvalue weighted by Gasteiger charge is 2.40. The fraction of sp³-hybridized carbons (Fsp3) is 0.500. The van der Waals surface area contributed by atoms with E-state index < -0.39 is 12.1 Å². The van der Waals surface area contributed by atoms with Gasteiger partial charge in [0.15, 0.2) is 6.17 Å². The highest BCUT2D eigenvalue weighted by Crippen LogP contribution is 2.19. The molecule has 8 heteroatoms. The largest absolute Gasteiger partial charge is 0.351 e. The summed E-state index contributed by atoms with van der Waals surface area (Å²) in [7, 11) is 0. The van der Waals surface area contributed by atoms with E-state index >= 15 is 0 Å². The zero-order valence-electron chi connectivity index (χ0n) is 15.3. The zero-order chi connectivity index (χ0) is 19.1. The fourth-order valence-corrected chi connectivity index (χ4v) is 2.93. The third-order valence-electron chi connectivity index (χ3n) is 4.21. The van der Waals surface area contributed by atoms with Crippen LogP contribution in [0.3, 0.4) is 0 Å². The van der Waals surface area contributed by atoms with E-state index in [1.54, 1.807) is 19.1 Å². The summed E-state index contributed by atoms with van der Waals surface area (Å²) in [5.41, 5.74) is 6.99. The number of nitrogens with two attached hydrogens (primary N) is 1. The minimum Gasteiger partial charge on any atom is -0.351 e. The van der Waals surface area contributed by atoms with Crippen LogP contribution in [-0.4, -0.2) is 66.5 Å². The number of rotatable bonds is 5. The normalized spacial score (nSPS) is 17.0. The standard InChI is InChI=1S/C18H27N5O3/c1-3-20-18(26)23-12-4-11-22(16(23)15(24)21-10-9-19)17(25)14-7-5-13(2)6-8-14/h5-8,16H,3-4,9-12,19H2,1-2H3,(H,20,26)(H,21,24). The molecule has 0 saturated carbocycles. The molecular weight excluding hydrogens is 334 g/mol. The second-order valence-corrected chi connectivity index (χ2v) is 6.20. The Bertz CT molecular complexity index is 647. The third kappa shape index (κ3) is 4.51. The number of aryl methyl sites for hydroxylation is 1. The first-order chi connectivity index (χ1) is 12.5. The van der Waals surface area contributed by atoms with E-state index in [0.717, 1.165) is 5.56 Å². The summed E-state index contributed by atoms with van der Waals surface area (Å²) in [6.07, 6.45) is -0.384. The minimum absolute atomic E-state index is 0.271. The zero-order valence-corrected chi connectivity index (χ0v) is 15.3. The van der Waals surface area contributed by atoms with Crippen LogP contribution >= 0.6 is 0 Å². The Morgan fingerprint density at radius 1 is 1.12 bits per heavy atom. The van der Waals surface area contributed by atoms with Gasteiger partial charge in [0.2, 0.25) is 0 Å². The van der Waals surface area contributed by atoms with Crippen molar-refractivity contribution in [2.75, 3.05) is 32.7 Å². The van der Waals surface area contributed by atoms with Crippen molar-refractivity contribution in [1.29, 1.82) is 0 Å². The minimum atomic E-state index is -0.990. The number of hydrogen-bond donors (Lipinski definition) is 3. The second-order valence-electron chi connectivity index (χ2n) is 6.20. The van der Waals surface area contributed by atoms with Gasteiger partial charge < -0.3 is 21.3 Å². The van der Waals surface area contributed by atoms with Crippen LogP contribution in [0.2, 0.25) is 0 Å². The van der Waals surface area contributed by atoms with Crippen LogP contribution in [0, 0.1) is 6.92 Å². The summed E-state index contributed by atoms with van der Waals surface area (Å²) in [4.78, 5) is 41.0. The Balaban J connectivity index is 2.30. The molecule has 0 aliphatic carbocycles. The van der Waals surface area contributed by atoms with E-state index in [0.29, 0.717) is 31.6 Å². The Hall–Kier alpha value is -2.61. The SMILES string of the molecule is CCNC(=O)N1CCCN(C(=O)c2ccc(C)cc2)C1C(=O)NCCN. The number of hydrogen-bond acceptors (Lipinski definition) is 4. The molecule has 26 heavy (non-hydrogen) atoms. The highest BCUT2D eigenvalue weighted by atomic mass is 16.2. The molecule has 0 aromatic heterocycles. The van der Waals surface area contributed by atoms with E-state index in [-0.39, 0.29) is 25.0 Å². The average Bonchev–Trinajstić information content (AvgIpc) is 2.65. The molecule has 2 rings (SSSR count). The van der Waals surface area contributed by atoms with Gasteiger partial charge >= 0.3 is 6.03 Å². The van der Waals surface area contributed by atoms with Crippen LogP contribution in [0.15, 0.2) is 24.3 Å². The molecule has 1 unspecified atom stereocenters. The Morgan fingerprint density at radius 3 is 2.38 bits per heavy atom. The predicted octanol–water partition coefficient (Wildman–Crippen LogP) is 0.273. The van der Waals surface area contributed by atoms with Crippen LogP contribution in [0.1, 0.15) is 29.3 Å². The number of urea groups is 1. The van der Waals surface area contributed by atoms with Gasteiger partial charge in [-0.15, -0.1) is 0 Å². The maximum atomic E-state index is 13.0. The van der Waals surface area contributed by atoms with Crippen LogP contribution in [0.25, 0.3) is 0 Å². The topological polar surface area (TPSA) is 108 Å². The molecule has 4 amide bonds. The van der Waals surface area contributed by atoms with Crippen molar-refractivity contribution in [1.82, 2.24) is 20.4 Å². The van der Waals surface area contributed by atoms with Crippen molar-refractivity contribution in [3.05, 3.63) is 35.4 Å². The average molecular weight is 361 g/mol. The molecule has 1 heterocycles. The van der Waals surface area contributed by atoms with E-state index in [9.17, 15) is 14.4 Å². The molecule has 0 spiro atoms. The number of benzene rings is 1. The number of nitrogens with zero attached hydrogens (tertiary/aromatic N) is 2. The molecular formula is C18H27N5O3. The maximum Gasteiger partial charge on any atom is 0.319 e. The lowest BCUT2D eigenvalue weighted by molar-refractivity contribution is -0.132. The molecule has 1 saturated heterocycles. The van der Waals surface area contributed by atoms with Crippen LogP contribution in [-0.2, 0) is 4.79 Å². The molecule has 1 fully saturated rings. The van der Waals surface area contributed by atoms with Gasteiger partial charge in [0.05, 0.1) is 0 Å². The maximum absolute atomic E-state index is 13.0. The molecule has 8 nitrogen and oxygen atoms in total. The lowest BCUT2D eigenvalue weighted by atomic mass is 10.1. The van der Waals surface area contributed by atoms with Crippen molar-refractivity contribution < 1.29 is 14.4 Å². The molecule has 4 N–H and O–H groups in total. The van der Waals surface area contributed by atoms with Gasteiger partial charge in [0, 0.05) is 38.3 Å². The number of nitrogens with one attached hydrogen (secondary N) is 2. The lowest BCUT2D eigenvalue weighted by Crippen LogP contribution is -2.65. The molecule has 1 aromatic rings. The molecule has 0 radical (unpaired) electrons. The summed E-state index contributed by atoms with van der Waals surface area (Å²) < 4.78 is 0. The first-order valence-electron chi connectivity index (χ1n) is 8.89. The van der Waals surface area contributed by atoms with Crippen molar-refractivity contribution >= 4 is 17.8 Å². The Labute approximate surface area is 153 Å². The summed E-state index contributed by atoms with van der Waals surface area (Å²) in [5, 5.41) is 5.40. The van der Waals surface area contributed by atoms with Crippen molar-refractivity contribution in [2.24, 2.45) is 5.73 Å². The molecule has 1 aliphatic heterocycles. The van der Waals surface area contributed by atoms with Gasteiger partial charge in [0.1, 0.15) is 0 Å². The van der Waals surface area contributed by atoms with Gasteiger partial charge in [-0.2, -0.15) is 0 Å². The number of carbonyl (C=O) groups excluding carboxylic acids is 3. The molecule has 1 atom stereocenters. The number of carbonyl (C=O) groups is 3. The molecule has 1 aromatic carbocycles. The fourth-order valence-electron chi connectivity index (χ4n) is 2.93. The van der Waals surface area contributed by atoms with E-state index in [1.807, 2.05) is 19.1 Å². The van der Waals surface area contributed by atoms with Gasteiger partial charge in [-0.25, -0.2) is 4.79 Å². The van der Waals surface area contributed by atoms with Crippen LogP contribution < -0.4 is 16.4 Å². The molecule has 0 bridgehead atoms. The van der Waals surface area contributed by atoms with E-state index in [2.05, 4.69) is 10.6 Å². The van der Waals surface area contributed by atoms with E-state index in [1.165, 1.54) is 9.80 Å². The second kappa shape index (κ2) is 9.19. The quantitative estimate of drug-likeness (QED) is 0.700. The molecule has 1 aliphatic rings. The lowest BCUT2D eigenvalue weighted by Gasteiger charge is -2.42. The highest BCUT2D eigenvalue weighted by molar-refractivity contribution is 5.98. The first kappa shape index (κ1) is 19.7. The van der Waals surface area contributed by atoms with Crippen LogP contribution in [0.5, 0.6) is 0 Å². The van der Waals surface area contributed by atoms with Crippen molar-refractivity contribution in [3.63, 3.8) is 0 Å². The molecule has 142 valence electrons. The number of amides is 4. The first-order valence-corrected chi connectivity index (χ1v) is 8.89. The summed E-state index contributed by atoms with van der Waals surface area (Å²) in [6.45, 7) is 5.57. The van der Waals surface area contributed by atoms with Gasteiger partial charge in [-0.3, -0.25) is 14.5 Å². The van der Waals surface area contributed by atoms with E-state index in [4.69, 9.17) is 5.73 Å². The van der Waals surface area contributed by atoms with Gasteiger partial charge in [-0.05, 0) is 32.4 Å². The smallest absolute Gasteiger partial charge is 0.319 e. The van der Waals surface area contributed by atoms with Crippen molar-refractivity contribution in [3.8, 4) is 0 Å². The monoisotopic (exact) mass is 361 g/mol. The van der Waals surface area contributed by atoms with Crippen molar-refractivity contribution in [2.45, 2.75) is 26.4 Å².